The molecule has 2 fully saturated rings. The number of nitrogens with zero attached hydrogens (tertiary/aromatic N) is 1. The van der Waals surface area contributed by atoms with Crippen LogP contribution in [0.15, 0.2) is 51.6 Å². The van der Waals surface area contributed by atoms with E-state index in [1.54, 1.807) is 6.07 Å². The second kappa shape index (κ2) is 13.7. The van der Waals surface area contributed by atoms with Gasteiger partial charge in [-0.2, -0.15) is 0 Å². The molecule has 204 valence electrons. The molecule has 16 heteroatoms. The Morgan fingerprint density at radius 1 is 0.975 bits per heavy atom. The van der Waals surface area contributed by atoms with Gasteiger partial charge in [0.2, 0.25) is 5.76 Å². The van der Waals surface area contributed by atoms with E-state index in [1.807, 2.05) is 18.2 Å². The summed E-state index contributed by atoms with van der Waals surface area (Å²) in [6.07, 6.45) is 1.54. The van der Waals surface area contributed by atoms with E-state index in [9.17, 15) is 14.6 Å². The molecule has 0 amide bonds. The Hall–Kier alpha value is -2.88. The van der Waals surface area contributed by atoms with Gasteiger partial charge in [-0.25, -0.2) is 9.59 Å². The number of aromatic nitrogens is 1. The number of fused-ring (bicyclic) bond motifs is 2. The zero-order valence-electron chi connectivity index (χ0n) is 22.5. The topological polar surface area (TPSA) is 179 Å². The number of carbonyl (C=O) groups is 2. The van der Waals surface area contributed by atoms with Crippen molar-refractivity contribution in [3.63, 3.8) is 0 Å². The molecule has 0 radical (unpaired) electrons. The van der Waals surface area contributed by atoms with E-state index >= 15 is 0 Å². The molecule has 0 atom stereocenters. The fraction of sp³-hybridized carbons (Fsp3) is 0.292. The first-order valence-electron chi connectivity index (χ1n) is 11.6. The van der Waals surface area contributed by atoms with Crippen LogP contribution in [0.4, 0.5) is 0 Å². The van der Waals surface area contributed by atoms with Crippen molar-refractivity contribution in [1.29, 1.82) is 0 Å². The van der Waals surface area contributed by atoms with E-state index in [0.717, 1.165) is 16.2 Å². The van der Waals surface area contributed by atoms with Crippen LogP contribution in [0, 0.1) is 5.41 Å². The van der Waals surface area contributed by atoms with Crippen LogP contribution >= 0.6 is 0 Å². The number of benzene rings is 2. The number of rotatable bonds is 3. The number of hydrogen-bond acceptors (Lipinski definition) is 13. The minimum atomic E-state index is -1.17. The van der Waals surface area contributed by atoms with Crippen LogP contribution in [-0.2, 0) is 28.4 Å². The van der Waals surface area contributed by atoms with Gasteiger partial charge in [-0.05, 0) is 17.6 Å². The van der Waals surface area contributed by atoms with Crippen LogP contribution in [-0.4, -0.2) is 64.1 Å². The molecule has 0 saturated carbocycles. The number of furan rings is 1. The Kier molecular flexibility index (Phi) is 10.8. The Labute approximate surface area is 251 Å². The minimum absolute atomic E-state index is 0. The number of esters is 2. The van der Waals surface area contributed by atoms with Gasteiger partial charge in [0, 0.05) is 35.5 Å². The molecule has 1 N–H and O–H groups in total. The molecule has 13 nitrogen and oxygen atoms in total. The predicted molar refractivity (Wildman–Crippen MR) is 134 cm³/mol. The van der Waals surface area contributed by atoms with E-state index in [-0.39, 0.29) is 59.4 Å². The third-order valence-electron chi connectivity index (χ3n) is 5.52. The minimum Gasteiger partial charge on any atom is -0.828 e. The molecular weight excluding hydrogens is 539 g/mol. The Morgan fingerprint density at radius 3 is 2.17 bits per heavy atom. The first-order valence-corrected chi connectivity index (χ1v) is 11.6. The molecule has 0 bridgehead atoms. The molecule has 0 unspecified atom stereocenters. The number of phenols is 1. The largest absolute Gasteiger partial charge is 1.00 e. The van der Waals surface area contributed by atoms with Gasteiger partial charge < -0.3 is 37.9 Å². The van der Waals surface area contributed by atoms with Gasteiger partial charge in [-0.3, -0.25) is 9.61 Å². The maximum Gasteiger partial charge on any atom is 1.00 e. The van der Waals surface area contributed by atoms with Crippen molar-refractivity contribution in [3.8, 4) is 5.75 Å². The van der Waals surface area contributed by atoms with Crippen LogP contribution in [0.25, 0.3) is 21.7 Å². The standard InChI is InChI=1S/C15H17BO5.C9H7NO4.BO3.Na/c1-15(2)8-20-16(21-9-15)11-4-5-12-10(6-11)7-19-13(12)14(17)18-3;1-13-9(12)8-6-3-2-5(11)4-7(6)10-14-8;2-1-3-4-1;/h4-7H,8-9H2,1-3H3;2-4,11H,1H3;;/q;;-1;+1. The van der Waals surface area contributed by atoms with Crippen molar-refractivity contribution in [2.24, 2.45) is 5.41 Å². The molecule has 40 heavy (non-hydrogen) atoms. The van der Waals surface area contributed by atoms with Gasteiger partial charge in [0.1, 0.15) is 11.3 Å². The Bertz CT molecular complexity index is 1460. The van der Waals surface area contributed by atoms with E-state index in [0.29, 0.717) is 24.1 Å². The molecule has 6 rings (SSSR count). The Balaban J connectivity index is 0.000000199. The van der Waals surface area contributed by atoms with Crippen LogP contribution in [0.2, 0.25) is 0 Å². The summed E-state index contributed by atoms with van der Waals surface area (Å²) >= 11 is 0. The third-order valence-corrected chi connectivity index (χ3v) is 5.52. The first kappa shape index (κ1) is 31.6. The first-order chi connectivity index (χ1) is 18.6. The van der Waals surface area contributed by atoms with E-state index in [2.05, 4.69) is 33.4 Å². The maximum atomic E-state index is 11.6. The fourth-order valence-electron chi connectivity index (χ4n) is 3.55. The second-order valence-corrected chi connectivity index (χ2v) is 9.21. The van der Waals surface area contributed by atoms with Gasteiger partial charge in [-0.15, -0.1) is 0 Å². The summed E-state index contributed by atoms with van der Waals surface area (Å²) in [6, 6.07) is 10.0. The maximum absolute atomic E-state index is 11.6. The van der Waals surface area contributed by atoms with Gasteiger partial charge in [0.15, 0.2) is 0 Å². The normalized spacial score (nSPS) is 15.2. The van der Waals surface area contributed by atoms with Crippen molar-refractivity contribution < 1.29 is 86.6 Å². The molecule has 2 aromatic carbocycles. The van der Waals surface area contributed by atoms with Crippen molar-refractivity contribution in [3.05, 3.63) is 54.2 Å². The molecule has 4 aromatic rings. The van der Waals surface area contributed by atoms with Crippen molar-refractivity contribution in [2.75, 3.05) is 27.4 Å². The zero-order chi connectivity index (χ0) is 28.2. The number of methoxy groups -OCH3 is 2. The summed E-state index contributed by atoms with van der Waals surface area (Å²) < 4.78 is 30.8. The van der Waals surface area contributed by atoms with E-state index in [4.69, 9.17) is 28.1 Å². The number of phenolic OH excluding ortho intramolecular Hbond substituents is 1. The molecule has 2 aromatic heterocycles. The van der Waals surface area contributed by atoms with Gasteiger partial charge in [0.05, 0.1) is 25.9 Å². The number of carbonyl (C=O) groups excluding carboxylic acids is 2. The summed E-state index contributed by atoms with van der Waals surface area (Å²) in [4.78, 5) is 30.0. The molecule has 2 aliphatic rings. The molecule has 0 aliphatic carbocycles. The van der Waals surface area contributed by atoms with Crippen LogP contribution < -0.4 is 40.0 Å². The molecule has 2 saturated heterocycles. The van der Waals surface area contributed by atoms with Crippen molar-refractivity contribution in [1.82, 2.24) is 5.16 Å². The van der Waals surface area contributed by atoms with Crippen molar-refractivity contribution >= 4 is 53.5 Å². The molecule has 0 spiro atoms. The van der Waals surface area contributed by atoms with Gasteiger partial charge in [-0.1, -0.05) is 37.2 Å². The summed E-state index contributed by atoms with van der Waals surface area (Å²) in [7, 11) is 1.05. The van der Waals surface area contributed by atoms with Crippen molar-refractivity contribution in [2.45, 2.75) is 13.8 Å². The number of hydrogen-bond donors (Lipinski definition) is 1. The van der Waals surface area contributed by atoms with E-state index < -0.39 is 19.3 Å². The number of aromatic hydroxyl groups is 1. The van der Waals surface area contributed by atoms with Crippen LogP contribution in [0.3, 0.4) is 0 Å². The summed E-state index contributed by atoms with van der Waals surface area (Å²) in [5.74, 6) is -0.738. The molecule has 2 aliphatic heterocycles. The monoisotopic (exact) mass is 563 g/mol. The average Bonchev–Trinajstić information content (AvgIpc) is 3.42. The third kappa shape index (κ3) is 7.86. The summed E-state index contributed by atoms with van der Waals surface area (Å²) in [6.45, 7) is 5.50. The second-order valence-electron chi connectivity index (χ2n) is 9.21. The zero-order valence-corrected chi connectivity index (χ0v) is 24.5. The molecular formula is C24H24B2NNaO12. The molecule has 4 heterocycles. The van der Waals surface area contributed by atoms with E-state index in [1.165, 1.54) is 32.6 Å². The quantitative estimate of drug-likeness (QED) is 0.133. The number of ether oxygens (including phenoxy) is 2. The Morgan fingerprint density at radius 2 is 1.57 bits per heavy atom. The van der Waals surface area contributed by atoms with Crippen LogP contribution in [0.5, 0.6) is 5.75 Å². The fourth-order valence-corrected chi connectivity index (χ4v) is 3.55. The average molecular weight is 563 g/mol. The summed E-state index contributed by atoms with van der Waals surface area (Å²) in [5, 5.41) is 24.0. The smallest absolute Gasteiger partial charge is 0.828 e. The SMILES string of the molecule is COC(=O)c1occ2cc(B3OCC(C)(C)CO3)ccc12.COC(=O)c1onc2cc(O)ccc12.[Na+].[O-]B1OO1. The summed E-state index contributed by atoms with van der Waals surface area (Å²) in [5.41, 5.74) is 1.37. The van der Waals surface area contributed by atoms with Gasteiger partial charge in [0.25, 0.3) is 5.76 Å². The van der Waals surface area contributed by atoms with Gasteiger partial charge >= 0.3 is 55.9 Å². The van der Waals surface area contributed by atoms with Crippen LogP contribution in [0.1, 0.15) is 35.0 Å². The predicted octanol–water partition coefficient (Wildman–Crippen LogP) is -1.39.